The van der Waals surface area contributed by atoms with E-state index in [1.54, 1.807) is 5.57 Å². The molecule has 0 aromatic carbocycles. The molecule has 0 amide bonds. The van der Waals surface area contributed by atoms with Crippen LogP contribution in [0.4, 0.5) is 0 Å². The van der Waals surface area contributed by atoms with Gasteiger partial charge in [-0.25, -0.2) is 0 Å². The predicted octanol–water partition coefficient (Wildman–Crippen LogP) is 4.89. The summed E-state index contributed by atoms with van der Waals surface area (Å²) >= 11 is 0. The Morgan fingerprint density at radius 1 is 1.19 bits per heavy atom. The monoisotopic (exact) mass is 216 g/mol. The normalized spacial score (nSPS) is 36.1. The average Bonchev–Trinajstić information content (AvgIpc) is 2.87. The zero-order chi connectivity index (χ0) is 11.4. The zero-order valence-corrected chi connectivity index (χ0v) is 10.7. The van der Waals surface area contributed by atoms with Crippen molar-refractivity contribution in [3.8, 4) is 0 Å². The molecular weight excluding hydrogens is 192 g/mol. The molecule has 2 rings (SSSR count). The van der Waals surface area contributed by atoms with Crippen molar-refractivity contribution in [2.75, 3.05) is 0 Å². The summed E-state index contributed by atoms with van der Waals surface area (Å²) in [6, 6.07) is 0. The fourth-order valence-corrected chi connectivity index (χ4v) is 3.40. The SMILES string of the molecule is CC=C1C[C@H]2CC(C=CCC=CCC)[C@@H]1C2. The second kappa shape index (κ2) is 5.52. The van der Waals surface area contributed by atoms with Crippen LogP contribution in [0, 0.1) is 17.8 Å². The Balaban J connectivity index is 1.85. The summed E-state index contributed by atoms with van der Waals surface area (Å²) in [4.78, 5) is 0. The fraction of sp³-hybridized carbons (Fsp3) is 0.625. The van der Waals surface area contributed by atoms with E-state index in [0.29, 0.717) is 0 Å². The fourth-order valence-electron chi connectivity index (χ4n) is 3.40. The summed E-state index contributed by atoms with van der Waals surface area (Å²) in [5.74, 6) is 2.73. The van der Waals surface area contributed by atoms with Gasteiger partial charge in [0, 0.05) is 0 Å². The molecule has 2 aliphatic carbocycles. The lowest BCUT2D eigenvalue weighted by Crippen LogP contribution is -2.10. The minimum absolute atomic E-state index is 0.847. The maximum Gasteiger partial charge on any atom is -0.0137 e. The lowest BCUT2D eigenvalue weighted by Gasteiger charge is -2.21. The van der Waals surface area contributed by atoms with Crippen LogP contribution < -0.4 is 0 Å². The first-order valence-corrected chi connectivity index (χ1v) is 6.81. The van der Waals surface area contributed by atoms with Gasteiger partial charge in [-0.15, -0.1) is 0 Å². The van der Waals surface area contributed by atoms with Crippen LogP contribution in [0.3, 0.4) is 0 Å². The second-order valence-electron chi connectivity index (χ2n) is 5.22. The number of hydrogen-bond donors (Lipinski definition) is 0. The van der Waals surface area contributed by atoms with E-state index < -0.39 is 0 Å². The Morgan fingerprint density at radius 3 is 2.75 bits per heavy atom. The standard InChI is InChI=1S/C16H24/c1-3-5-6-7-8-9-15-11-13-10-14(4-2)16(15)12-13/h4-6,8-9,13,15-16H,3,7,10-12H2,1-2H3/t13-,15?,16+/m0/s1. The van der Waals surface area contributed by atoms with Crippen LogP contribution in [0.25, 0.3) is 0 Å². The van der Waals surface area contributed by atoms with Gasteiger partial charge in [0.1, 0.15) is 0 Å². The summed E-state index contributed by atoms with van der Waals surface area (Å²) in [5, 5.41) is 0. The first-order chi connectivity index (χ1) is 7.85. The summed E-state index contributed by atoms with van der Waals surface area (Å²) in [7, 11) is 0. The van der Waals surface area contributed by atoms with E-state index in [4.69, 9.17) is 0 Å². The molecule has 0 aromatic rings. The maximum atomic E-state index is 2.48. The van der Waals surface area contributed by atoms with Gasteiger partial charge in [0.15, 0.2) is 0 Å². The molecule has 0 N–H and O–H groups in total. The van der Waals surface area contributed by atoms with Crippen molar-refractivity contribution in [2.24, 2.45) is 17.8 Å². The van der Waals surface area contributed by atoms with E-state index in [1.807, 2.05) is 0 Å². The van der Waals surface area contributed by atoms with Crippen LogP contribution in [0.5, 0.6) is 0 Å². The quantitative estimate of drug-likeness (QED) is 0.587. The number of rotatable bonds is 4. The van der Waals surface area contributed by atoms with Gasteiger partial charge in [-0.2, -0.15) is 0 Å². The third kappa shape index (κ3) is 2.48. The van der Waals surface area contributed by atoms with Crippen LogP contribution in [0.1, 0.15) is 46.0 Å². The third-order valence-corrected chi connectivity index (χ3v) is 4.14. The average molecular weight is 216 g/mol. The highest BCUT2D eigenvalue weighted by molar-refractivity contribution is 5.21. The summed E-state index contributed by atoms with van der Waals surface area (Å²) in [5.41, 5.74) is 1.73. The topological polar surface area (TPSA) is 0 Å². The van der Waals surface area contributed by atoms with Crippen molar-refractivity contribution in [3.63, 3.8) is 0 Å². The van der Waals surface area contributed by atoms with E-state index in [2.05, 4.69) is 44.2 Å². The minimum Gasteiger partial charge on any atom is -0.0885 e. The molecule has 0 aliphatic heterocycles. The Labute approximate surface area is 100 Å². The van der Waals surface area contributed by atoms with Gasteiger partial charge < -0.3 is 0 Å². The van der Waals surface area contributed by atoms with Gasteiger partial charge in [0.2, 0.25) is 0 Å². The van der Waals surface area contributed by atoms with E-state index in [-0.39, 0.29) is 0 Å². The Morgan fingerprint density at radius 2 is 2.06 bits per heavy atom. The third-order valence-electron chi connectivity index (χ3n) is 4.14. The molecule has 0 nitrogen and oxygen atoms in total. The minimum atomic E-state index is 0.847. The van der Waals surface area contributed by atoms with E-state index >= 15 is 0 Å². The highest BCUT2D eigenvalue weighted by Crippen LogP contribution is 2.51. The molecule has 2 fully saturated rings. The molecular formula is C16H24. The summed E-state index contributed by atoms with van der Waals surface area (Å²) in [6.07, 6.45) is 18.3. The Bertz CT molecular complexity index is 306. The molecule has 0 saturated heterocycles. The Hall–Kier alpha value is -0.780. The van der Waals surface area contributed by atoms with Crippen molar-refractivity contribution >= 4 is 0 Å². The molecule has 2 saturated carbocycles. The molecule has 2 aliphatic rings. The molecule has 88 valence electrons. The van der Waals surface area contributed by atoms with E-state index in [0.717, 1.165) is 30.6 Å². The molecule has 0 heterocycles. The first-order valence-electron chi connectivity index (χ1n) is 6.81. The molecule has 3 atom stereocenters. The van der Waals surface area contributed by atoms with Gasteiger partial charge in [-0.1, -0.05) is 42.9 Å². The Kier molecular flexibility index (Phi) is 4.04. The van der Waals surface area contributed by atoms with E-state index in [9.17, 15) is 0 Å². The molecule has 16 heavy (non-hydrogen) atoms. The highest BCUT2D eigenvalue weighted by Gasteiger charge is 2.40. The van der Waals surface area contributed by atoms with Crippen molar-refractivity contribution in [1.29, 1.82) is 0 Å². The predicted molar refractivity (Wildman–Crippen MR) is 71.3 cm³/mol. The van der Waals surface area contributed by atoms with Crippen molar-refractivity contribution in [1.82, 2.24) is 0 Å². The van der Waals surface area contributed by atoms with Crippen molar-refractivity contribution in [3.05, 3.63) is 36.0 Å². The van der Waals surface area contributed by atoms with Gasteiger partial charge in [0.05, 0.1) is 0 Å². The van der Waals surface area contributed by atoms with Crippen LogP contribution in [-0.4, -0.2) is 0 Å². The van der Waals surface area contributed by atoms with Gasteiger partial charge >= 0.3 is 0 Å². The largest absolute Gasteiger partial charge is 0.0885 e. The lowest BCUT2D eigenvalue weighted by atomic mass is 9.84. The number of fused-ring (bicyclic) bond motifs is 2. The van der Waals surface area contributed by atoms with Gasteiger partial charge in [0.25, 0.3) is 0 Å². The van der Waals surface area contributed by atoms with Gasteiger partial charge in [-0.3, -0.25) is 0 Å². The zero-order valence-electron chi connectivity index (χ0n) is 10.7. The van der Waals surface area contributed by atoms with Crippen LogP contribution in [-0.2, 0) is 0 Å². The lowest BCUT2D eigenvalue weighted by molar-refractivity contribution is 0.472. The first kappa shape index (κ1) is 11.7. The number of hydrogen-bond acceptors (Lipinski definition) is 0. The molecule has 1 unspecified atom stereocenters. The summed E-state index contributed by atoms with van der Waals surface area (Å²) < 4.78 is 0. The molecule has 0 aromatic heterocycles. The maximum absolute atomic E-state index is 2.48. The van der Waals surface area contributed by atoms with E-state index in [1.165, 1.54) is 19.3 Å². The van der Waals surface area contributed by atoms with Crippen LogP contribution in [0.2, 0.25) is 0 Å². The molecule has 0 radical (unpaired) electrons. The smallest absolute Gasteiger partial charge is 0.0137 e. The number of allylic oxidation sites excluding steroid dienone is 6. The van der Waals surface area contributed by atoms with Crippen molar-refractivity contribution < 1.29 is 0 Å². The molecule has 2 bridgehead atoms. The highest BCUT2D eigenvalue weighted by atomic mass is 14.5. The summed E-state index contributed by atoms with van der Waals surface area (Å²) in [6.45, 7) is 4.40. The van der Waals surface area contributed by atoms with Crippen LogP contribution in [0.15, 0.2) is 36.0 Å². The molecule has 0 heteroatoms. The molecule has 0 spiro atoms. The van der Waals surface area contributed by atoms with Crippen LogP contribution >= 0.6 is 0 Å². The van der Waals surface area contributed by atoms with Gasteiger partial charge in [-0.05, 0) is 56.8 Å². The van der Waals surface area contributed by atoms with Crippen molar-refractivity contribution in [2.45, 2.75) is 46.0 Å². The second-order valence-corrected chi connectivity index (χ2v) is 5.22.